The van der Waals surface area contributed by atoms with Crippen molar-refractivity contribution >= 4 is 57.9 Å². The van der Waals surface area contributed by atoms with E-state index in [9.17, 15) is 39.0 Å². The van der Waals surface area contributed by atoms with E-state index in [1.54, 1.807) is 19.0 Å². The third kappa shape index (κ3) is 5.11. The van der Waals surface area contributed by atoms with Crippen molar-refractivity contribution in [2.45, 2.75) is 44.2 Å². The molecule has 234 valence electrons. The van der Waals surface area contributed by atoms with Gasteiger partial charge in [-0.3, -0.25) is 33.7 Å². The van der Waals surface area contributed by atoms with Crippen molar-refractivity contribution < 1.29 is 39.0 Å². The number of halogens is 1. The molecule has 3 aliphatic carbocycles. The van der Waals surface area contributed by atoms with E-state index in [1.165, 1.54) is 19.0 Å². The van der Waals surface area contributed by atoms with Crippen molar-refractivity contribution in [3.8, 4) is 5.75 Å². The number of nitrogens with one attached hydrogen (secondary N) is 2. The van der Waals surface area contributed by atoms with E-state index >= 15 is 0 Å². The monoisotopic (exact) mass is 619 g/mol. The highest BCUT2D eigenvalue weighted by Crippen LogP contribution is 2.54. The first-order valence-electron chi connectivity index (χ1n) is 14.2. The Kier molecular flexibility index (Phi) is 9.04. The zero-order valence-corrected chi connectivity index (χ0v) is 25.6. The van der Waals surface area contributed by atoms with E-state index in [1.807, 2.05) is 6.92 Å². The van der Waals surface area contributed by atoms with Gasteiger partial charge in [0, 0.05) is 20.0 Å². The average molecular weight is 620 g/mol. The molecule has 0 heterocycles. The molecule has 0 bridgehead atoms. The van der Waals surface area contributed by atoms with Crippen LogP contribution in [0.5, 0.6) is 5.75 Å². The van der Waals surface area contributed by atoms with Gasteiger partial charge in [0.1, 0.15) is 5.69 Å². The van der Waals surface area contributed by atoms with Gasteiger partial charge in [-0.1, -0.05) is 24.9 Å². The molecule has 2 amide bonds. The summed E-state index contributed by atoms with van der Waals surface area (Å²) < 4.78 is 0. The van der Waals surface area contributed by atoms with Gasteiger partial charge in [0.05, 0.1) is 34.8 Å². The van der Waals surface area contributed by atoms with Gasteiger partial charge in [-0.25, -0.2) is 0 Å². The van der Waals surface area contributed by atoms with Gasteiger partial charge in [0.15, 0.2) is 40.4 Å². The van der Waals surface area contributed by atoms with Crippen LogP contribution in [0.1, 0.15) is 42.1 Å². The number of hydrogen-bond donors (Lipinski definition) is 5. The van der Waals surface area contributed by atoms with Crippen molar-refractivity contribution in [3.63, 3.8) is 0 Å². The number of aliphatic hydroxyl groups is 1. The zero-order chi connectivity index (χ0) is 32.1. The molecule has 14 heteroatoms. The number of benzene rings is 1. The molecule has 0 aromatic heterocycles. The zero-order valence-electron chi connectivity index (χ0n) is 24.8. The molecule has 43 heavy (non-hydrogen) atoms. The number of rotatable bonds is 9. The third-order valence-corrected chi connectivity index (χ3v) is 9.21. The fourth-order valence-corrected chi connectivity index (χ4v) is 7.38. The summed E-state index contributed by atoms with van der Waals surface area (Å²) in [6, 6.07) is -1.20. The number of primary amides is 1. The second-order valence-electron chi connectivity index (χ2n) is 12.0. The number of fused-ring (bicyclic) bond motifs is 3. The number of amides is 2. The van der Waals surface area contributed by atoms with Crippen molar-refractivity contribution in [1.29, 1.82) is 0 Å². The number of likely N-dealkylation sites (N-methyl/N-ethyl adjacent to an activating group) is 1. The van der Waals surface area contributed by atoms with E-state index in [-0.39, 0.29) is 35.7 Å². The SMILES string of the molecule is CCCCNCC(=O)Nc1c(O)c2c(c(N(C)C)c1Cl)CC1CC3[C@H](N(C)C)C(=O)C(C(N)=O)C(=O)[C@@]3(O)C(=O)C1C2=O. The summed E-state index contributed by atoms with van der Waals surface area (Å²) in [5.74, 6) is -12.2. The summed E-state index contributed by atoms with van der Waals surface area (Å²) in [6.07, 6.45) is 1.74. The number of carbonyl (C=O) groups is 6. The summed E-state index contributed by atoms with van der Waals surface area (Å²) in [5, 5.41) is 28.6. The topological polar surface area (TPSA) is 199 Å². The summed E-state index contributed by atoms with van der Waals surface area (Å²) >= 11 is 6.71. The van der Waals surface area contributed by atoms with Crippen LogP contribution in [0.15, 0.2) is 0 Å². The fourth-order valence-electron chi connectivity index (χ4n) is 6.96. The fraction of sp³-hybridized carbons (Fsp3) is 0.586. The molecule has 6 atom stereocenters. The highest BCUT2D eigenvalue weighted by Gasteiger charge is 2.69. The largest absolute Gasteiger partial charge is 0.505 e. The van der Waals surface area contributed by atoms with Crippen LogP contribution >= 0.6 is 11.6 Å². The lowest BCUT2D eigenvalue weighted by atomic mass is 9.52. The second kappa shape index (κ2) is 11.9. The molecule has 13 nitrogen and oxygen atoms in total. The minimum Gasteiger partial charge on any atom is -0.505 e. The van der Waals surface area contributed by atoms with Crippen LogP contribution in [0.3, 0.4) is 0 Å². The lowest BCUT2D eigenvalue weighted by molar-refractivity contribution is -0.181. The molecule has 1 aromatic carbocycles. The number of nitrogens with zero attached hydrogens (tertiary/aromatic N) is 2. The number of hydrogen-bond acceptors (Lipinski definition) is 11. The maximum atomic E-state index is 14.1. The number of aromatic hydroxyl groups is 1. The Morgan fingerprint density at radius 3 is 2.33 bits per heavy atom. The van der Waals surface area contributed by atoms with Crippen molar-refractivity contribution in [2.24, 2.45) is 29.4 Å². The first-order valence-corrected chi connectivity index (χ1v) is 14.6. The Morgan fingerprint density at radius 2 is 1.77 bits per heavy atom. The summed E-state index contributed by atoms with van der Waals surface area (Å²) in [6.45, 7) is 2.53. The van der Waals surface area contributed by atoms with Crippen molar-refractivity contribution in [1.82, 2.24) is 10.2 Å². The standard InChI is InChI=1S/C29H38ClN5O8/c1-6-7-8-32-11-15(36)33-20-19(30)21(34(2)3)13-9-12-10-14-22(35(4)5)25(39)18(28(31)42)27(41)29(14,43)26(40)16(12)23(37)17(13)24(20)38/h12,14,16,18,22,32,38,43H,6-11H2,1-5H3,(H2,31,42)(H,33,36)/t12?,14?,16?,18?,22-,29-/m0/s1. The number of phenolic OH excluding ortho intramolecular Hbond substituents is 1. The van der Waals surface area contributed by atoms with E-state index in [0.717, 1.165) is 12.8 Å². The smallest absolute Gasteiger partial charge is 0.238 e. The van der Waals surface area contributed by atoms with Gasteiger partial charge in [0.25, 0.3) is 0 Å². The first-order chi connectivity index (χ1) is 20.1. The van der Waals surface area contributed by atoms with Crippen LogP contribution < -0.4 is 21.3 Å². The van der Waals surface area contributed by atoms with E-state index < -0.39 is 76.0 Å². The molecule has 4 unspecified atom stereocenters. The molecular formula is C29H38ClN5O8. The molecule has 1 aromatic rings. The number of nitrogens with two attached hydrogens (primary N) is 1. The van der Waals surface area contributed by atoms with Crippen LogP contribution in [0.4, 0.5) is 11.4 Å². The van der Waals surface area contributed by atoms with Gasteiger partial charge in [-0.05, 0) is 51.4 Å². The molecule has 2 saturated carbocycles. The predicted molar refractivity (Wildman–Crippen MR) is 157 cm³/mol. The Morgan fingerprint density at radius 1 is 1.12 bits per heavy atom. The maximum absolute atomic E-state index is 14.1. The molecule has 3 aliphatic rings. The third-order valence-electron chi connectivity index (χ3n) is 8.85. The van der Waals surface area contributed by atoms with Crippen LogP contribution in [0.2, 0.25) is 5.02 Å². The normalized spacial score (nSPS) is 28.3. The molecule has 4 rings (SSSR count). The van der Waals surface area contributed by atoms with E-state index in [2.05, 4.69) is 10.6 Å². The van der Waals surface area contributed by atoms with Crippen LogP contribution in [-0.2, 0) is 30.4 Å². The molecule has 0 aliphatic heterocycles. The summed E-state index contributed by atoms with van der Waals surface area (Å²) in [7, 11) is 6.38. The van der Waals surface area contributed by atoms with Crippen LogP contribution in [0, 0.1) is 23.7 Å². The predicted octanol–water partition coefficient (Wildman–Crippen LogP) is -0.0854. The molecule has 0 saturated heterocycles. The summed E-state index contributed by atoms with van der Waals surface area (Å²) in [4.78, 5) is 82.8. The molecule has 0 radical (unpaired) electrons. The number of unbranched alkanes of at least 4 members (excludes halogenated alkanes) is 1. The number of carbonyl (C=O) groups excluding carboxylic acids is 6. The van der Waals surface area contributed by atoms with Crippen LogP contribution in [0.25, 0.3) is 0 Å². The highest BCUT2D eigenvalue weighted by molar-refractivity contribution is 6.38. The van der Waals surface area contributed by atoms with Gasteiger partial charge in [-0.15, -0.1) is 0 Å². The lowest BCUT2D eigenvalue weighted by Crippen LogP contribution is -2.74. The number of phenols is 1. The molecule has 2 fully saturated rings. The van der Waals surface area contributed by atoms with Gasteiger partial charge < -0.3 is 31.5 Å². The van der Waals surface area contributed by atoms with E-state index in [4.69, 9.17) is 17.3 Å². The van der Waals surface area contributed by atoms with Gasteiger partial charge in [-0.2, -0.15) is 0 Å². The molecule has 0 spiro atoms. The highest BCUT2D eigenvalue weighted by atomic mass is 35.5. The van der Waals surface area contributed by atoms with Crippen molar-refractivity contribution in [2.75, 3.05) is 51.5 Å². The Bertz CT molecular complexity index is 1410. The number of anilines is 2. The van der Waals surface area contributed by atoms with Gasteiger partial charge >= 0.3 is 0 Å². The number of ketones is 4. The van der Waals surface area contributed by atoms with Crippen molar-refractivity contribution in [3.05, 3.63) is 16.1 Å². The second-order valence-corrected chi connectivity index (χ2v) is 12.4. The summed E-state index contributed by atoms with van der Waals surface area (Å²) in [5.41, 5.74) is 2.75. The number of Topliss-reactive ketones (excluding diaryl/α,β-unsaturated/α-hetero) is 4. The quantitative estimate of drug-likeness (QED) is 0.141. The molecular weight excluding hydrogens is 582 g/mol. The van der Waals surface area contributed by atoms with E-state index in [0.29, 0.717) is 17.8 Å². The average Bonchev–Trinajstić information content (AvgIpc) is 2.90. The van der Waals surface area contributed by atoms with Gasteiger partial charge in [0.2, 0.25) is 11.8 Å². The van der Waals surface area contributed by atoms with Crippen LogP contribution in [-0.4, -0.2) is 103 Å². The maximum Gasteiger partial charge on any atom is 0.238 e. The first kappa shape index (κ1) is 32.5. The molecule has 6 N–H and O–H groups in total. The Balaban J connectivity index is 1.82. The Labute approximate surface area is 254 Å². The minimum atomic E-state index is -2.83. The Hall–Kier alpha value is -3.39. The minimum absolute atomic E-state index is 0.00783. The lowest BCUT2D eigenvalue weighted by Gasteiger charge is -2.52.